The third-order valence-corrected chi connectivity index (χ3v) is 3.39. The molecule has 1 aromatic heterocycles. The molecule has 0 saturated carbocycles. The van der Waals surface area contributed by atoms with Crippen LogP contribution in [0.4, 0.5) is 11.5 Å². The Morgan fingerprint density at radius 3 is 2.85 bits per heavy atom. The summed E-state index contributed by atoms with van der Waals surface area (Å²) in [4.78, 5) is 16.4. The van der Waals surface area contributed by atoms with Gasteiger partial charge in [-0.05, 0) is 46.6 Å². The molecule has 104 valence electrons. The van der Waals surface area contributed by atoms with Crippen LogP contribution in [0, 0.1) is 0 Å². The van der Waals surface area contributed by atoms with E-state index in [0.29, 0.717) is 11.4 Å². The second kappa shape index (κ2) is 7.05. The number of para-hydroxylation sites is 1. The van der Waals surface area contributed by atoms with Crippen LogP contribution in [0.5, 0.6) is 0 Å². The highest BCUT2D eigenvalue weighted by Gasteiger charge is 2.08. The molecular weight excluding hydrogens is 318 g/mol. The molecule has 0 aliphatic heterocycles. The summed E-state index contributed by atoms with van der Waals surface area (Å²) in [6.07, 6.45) is 2.64. The lowest BCUT2D eigenvalue weighted by Gasteiger charge is -2.08. The number of carbonyl (C=O) groups excluding carboxylic acids is 1. The molecule has 2 N–H and O–H groups in total. The molecule has 4 nitrogen and oxygen atoms in total. The number of benzene rings is 1. The van der Waals surface area contributed by atoms with Gasteiger partial charge < -0.3 is 10.6 Å². The SMILES string of the molecule is CCCNc1cc(C(=O)Nc2ccccc2Br)ccn1. The van der Waals surface area contributed by atoms with E-state index in [9.17, 15) is 4.79 Å². The van der Waals surface area contributed by atoms with Gasteiger partial charge >= 0.3 is 0 Å². The maximum Gasteiger partial charge on any atom is 0.255 e. The van der Waals surface area contributed by atoms with Crippen LogP contribution in [-0.2, 0) is 0 Å². The smallest absolute Gasteiger partial charge is 0.255 e. The first-order valence-corrected chi connectivity index (χ1v) is 7.26. The van der Waals surface area contributed by atoms with Crippen LogP contribution < -0.4 is 10.6 Å². The summed E-state index contributed by atoms with van der Waals surface area (Å²) in [5.74, 6) is 0.561. The number of pyridine rings is 1. The van der Waals surface area contributed by atoms with E-state index in [-0.39, 0.29) is 5.91 Å². The molecule has 1 aromatic carbocycles. The molecule has 0 aliphatic carbocycles. The van der Waals surface area contributed by atoms with Gasteiger partial charge in [0.15, 0.2) is 0 Å². The number of nitrogens with one attached hydrogen (secondary N) is 2. The fraction of sp³-hybridized carbons (Fsp3) is 0.200. The highest BCUT2D eigenvalue weighted by atomic mass is 79.9. The number of hydrogen-bond donors (Lipinski definition) is 2. The van der Waals surface area contributed by atoms with Crippen molar-refractivity contribution >= 4 is 33.3 Å². The van der Waals surface area contributed by atoms with Gasteiger partial charge in [-0.1, -0.05) is 19.1 Å². The number of rotatable bonds is 5. The number of halogens is 1. The van der Waals surface area contributed by atoms with Gasteiger partial charge in [0.25, 0.3) is 5.91 Å². The molecule has 0 radical (unpaired) electrons. The first-order chi connectivity index (χ1) is 9.70. The third kappa shape index (κ3) is 3.81. The molecule has 1 heterocycles. The van der Waals surface area contributed by atoms with Crippen LogP contribution >= 0.6 is 15.9 Å². The van der Waals surface area contributed by atoms with E-state index in [1.54, 1.807) is 18.3 Å². The number of carbonyl (C=O) groups is 1. The molecule has 0 spiro atoms. The lowest BCUT2D eigenvalue weighted by atomic mass is 10.2. The number of aromatic nitrogens is 1. The second-order valence-electron chi connectivity index (χ2n) is 4.29. The Hall–Kier alpha value is -1.88. The molecule has 2 rings (SSSR count). The van der Waals surface area contributed by atoms with Crippen molar-refractivity contribution in [3.05, 3.63) is 52.6 Å². The highest BCUT2D eigenvalue weighted by Crippen LogP contribution is 2.22. The van der Waals surface area contributed by atoms with Crippen molar-refractivity contribution in [2.45, 2.75) is 13.3 Å². The Morgan fingerprint density at radius 1 is 1.30 bits per heavy atom. The van der Waals surface area contributed by atoms with E-state index in [4.69, 9.17) is 0 Å². The first-order valence-electron chi connectivity index (χ1n) is 6.46. The maximum absolute atomic E-state index is 12.2. The quantitative estimate of drug-likeness (QED) is 0.871. The number of amides is 1. The van der Waals surface area contributed by atoms with E-state index in [1.807, 2.05) is 24.3 Å². The topological polar surface area (TPSA) is 54.0 Å². The molecule has 0 bridgehead atoms. The Labute approximate surface area is 126 Å². The zero-order valence-corrected chi connectivity index (χ0v) is 12.8. The van der Waals surface area contributed by atoms with Crippen molar-refractivity contribution in [3.8, 4) is 0 Å². The van der Waals surface area contributed by atoms with Crippen molar-refractivity contribution in [1.82, 2.24) is 4.98 Å². The molecular formula is C15H16BrN3O. The van der Waals surface area contributed by atoms with Crippen LogP contribution in [0.2, 0.25) is 0 Å². The largest absolute Gasteiger partial charge is 0.370 e. The summed E-state index contributed by atoms with van der Waals surface area (Å²) >= 11 is 3.41. The van der Waals surface area contributed by atoms with Gasteiger partial charge in [0.1, 0.15) is 5.82 Å². The van der Waals surface area contributed by atoms with Gasteiger partial charge in [0.05, 0.1) is 5.69 Å². The fourth-order valence-electron chi connectivity index (χ4n) is 1.68. The standard InChI is InChI=1S/C15H16BrN3O/c1-2-8-17-14-10-11(7-9-18-14)15(20)19-13-6-4-3-5-12(13)16/h3-7,9-10H,2,8H2,1H3,(H,17,18)(H,19,20). The zero-order valence-electron chi connectivity index (χ0n) is 11.2. The van der Waals surface area contributed by atoms with Crippen LogP contribution in [0.25, 0.3) is 0 Å². The highest BCUT2D eigenvalue weighted by molar-refractivity contribution is 9.10. The Balaban J connectivity index is 2.11. The predicted octanol–water partition coefficient (Wildman–Crippen LogP) is 3.92. The molecule has 0 saturated heterocycles. The lowest BCUT2D eigenvalue weighted by Crippen LogP contribution is -2.13. The molecule has 1 amide bonds. The van der Waals surface area contributed by atoms with E-state index in [2.05, 4.69) is 38.5 Å². The molecule has 0 aliphatic rings. The second-order valence-corrected chi connectivity index (χ2v) is 5.14. The summed E-state index contributed by atoms with van der Waals surface area (Å²) in [5.41, 5.74) is 1.33. The first kappa shape index (κ1) is 14.5. The average molecular weight is 334 g/mol. The van der Waals surface area contributed by atoms with Crippen LogP contribution in [0.1, 0.15) is 23.7 Å². The fourth-order valence-corrected chi connectivity index (χ4v) is 2.06. The van der Waals surface area contributed by atoms with Crippen LogP contribution in [-0.4, -0.2) is 17.4 Å². The van der Waals surface area contributed by atoms with Crippen molar-refractivity contribution in [2.24, 2.45) is 0 Å². The summed E-state index contributed by atoms with van der Waals surface area (Å²) in [7, 11) is 0. The minimum absolute atomic E-state index is 0.154. The van der Waals surface area contributed by atoms with Gasteiger partial charge in [0, 0.05) is 22.8 Å². The van der Waals surface area contributed by atoms with Crippen molar-refractivity contribution < 1.29 is 4.79 Å². The number of hydrogen-bond acceptors (Lipinski definition) is 3. The minimum Gasteiger partial charge on any atom is -0.370 e. The van der Waals surface area contributed by atoms with E-state index >= 15 is 0 Å². The van der Waals surface area contributed by atoms with Crippen LogP contribution in [0.3, 0.4) is 0 Å². The molecule has 0 atom stereocenters. The van der Waals surface area contributed by atoms with Gasteiger partial charge in [-0.15, -0.1) is 0 Å². The predicted molar refractivity (Wildman–Crippen MR) is 85.1 cm³/mol. The van der Waals surface area contributed by atoms with E-state index < -0.39 is 0 Å². The van der Waals surface area contributed by atoms with Crippen molar-refractivity contribution in [3.63, 3.8) is 0 Å². The summed E-state index contributed by atoms with van der Waals surface area (Å²) in [6.45, 7) is 2.92. The van der Waals surface area contributed by atoms with Crippen LogP contribution in [0.15, 0.2) is 47.1 Å². The summed E-state index contributed by atoms with van der Waals surface area (Å²) in [6, 6.07) is 11.0. The molecule has 20 heavy (non-hydrogen) atoms. The Bertz CT molecular complexity index is 601. The maximum atomic E-state index is 12.2. The Morgan fingerprint density at radius 2 is 2.10 bits per heavy atom. The summed E-state index contributed by atoms with van der Waals surface area (Å²) < 4.78 is 0.853. The van der Waals surface area contributed by atoms with E-state index in [0.717, 1.165) is 23.1 Å². The summed E-state index contributed by atoms with van der Waals surface area (Å²) in [5, 5.41) is 6.03. The molecule has 0 fully saturated rings. The van der Waals surface area contributed by atoms with Gasteiger partial charge in [0.2, 0.25) is 0 Å². The normalized spacial score (nSPS) is 10.1. The monoisotopic (exact) mass is 333 g/mol. The molecule has 2 aromatic rings. The minimum atomic E-state index is -0.154. The molecule has 0 unspecified atom stereocenters. The Kier molecular flexibility index (Phi) is 5.12. The number of anilines is 2. The number of nitrogens with zero attached hydrogens (tertiary/aromatic N) is 1. The van der Waals surface area contributed by atoms with Gasteiger partial charge in [-0.2, -0.15) is 0 Å². The van der Waals surface area contributed by atoms with Crippen molar-refractivity contribution in [1.29, 1.82) is 0 Å². The zero-order chi connectivity index (χ0) is 14.4. The average Bonchev–Trinajstić information content (AvgIpc) is 2.48. The van der Waals surface area contributed by atoms with E-state index in [1.165, 1.54) is 0 Å². The lowest BCUT2D eigenvalue weighted by molar-refractivity contribution is 0.102. The van der Waals surface area contributed by atoms with Gasteiger partial charge in [-0.25, -0.2) is 4.98 Å². The van der Waals surface area contributed by atoms with Crippen molar-refractivity contribution in [2.75, 3.05) is 17.2 Å². The third-order valence-electron chi connectivity index (χ3n) is 2.70. The van der Waals surface area contributed by atoms with Gasteiger partial charge in [-0.3, -0.25) is 4.79 Å². The molecule has 5 heteroatoms.